The van der Waals surface area contributed by atoms with E-state index in [9.17, 15) is 0 Å². The van der Waals surface area contributed by atoms with Crippen LogP contribution in [0.25, 0.3) is 0 Å². The van der Waals surface area contributed by atoms with Gasteiger partial charge in [-0.2, -0.15) is 0 Å². The van der Waals surface area contributed by atoms with Crippen molar-refractivity contribution in [1.29, 1.82) is 0 Å². The van der Waals surface area contributed by atoms with Crippen LogP contribution in [0.5, 0.6) is 0 Å². The second-order valence-corrected chi connectivity index (χ2v) is 3.99. The number of nitrogens with zero attached hydrogens (tertiary/aromatic N) is 2. The fourth-order valence-electron chi connectivity index (χ4n) is 1.78. The Morgan fingerprint density at radius 3 is 2.80 bits per heavy atom. The standard InChI is InChI=1S/C12H23N3/c1-2-7-12-14-9-11-15(12)10-6-4-3-5-8-13/h9,11H,2-8,10,13H2,1H3. The van der Waals surface area contributed by atoms with Crippen LogP contribution in [0.1, 0.15) is 44.9 Å². The summed E-state index contributed by atoms with van der Waals surface area (Å²) in [6.45, 7) is 4.13. The summed E-state index contributed by atoms with van der Waals surface area (Å²) in [5.74, 6) is 1.23. The lowest BCUT2D eigenvalue weighted by molar-refractivity contribution is 0.556. The van der Waals surface area contributed by atoms with Crippen LogP contribution < -0.4 is 5.73 Å². The Bertz CT molecular complexity index is 255. The first kappa shape index (κ1) is 12.2. The lowest BCUT2D eigenvalue weighted by atomic mass is 10.2. The number of aromatic nitrogens is 2. The predicted molar refractivity (Wildman–Crippen MR) is 63.7 cm³/mol. The summed E-state index contributed by atoms with van der Waals surface area (Å²) in [6.07, 6.45) is 11.2. The molecule has 2 N–H and O–H groups in total. The van der Waals surface area contributed by atoms with Crippen molar-refractivity contribution < 1.29 is 0 Å². The lowest BCUT2D eigenvalue weighted by Crippen LogP contribution is -2.03. The van der Waals surface area contributed by atoms with E-state index in [0.717, 1.165) is 25.9 Å². The lowest BCUT2D eigenvalue weighted by Gasteiger charge is -2.06. The molecule has 1 rings (SSSR count). The van der Waals surface area contributed by atoms with Gasteiger partial charge >= 0.3 is 0 Å². The number of nitrogens with two attached hydrogens (primary N) is 1. The fourth-order valence-corrected chi connectivity index (χ4v) is 1.78. The van der Waals surface area contributed by atoms with Gasteiger partial charge in [-0.15, -0.1) is 0 Å². The van der Waals surface area contributed by atoms with Crippen molar-refractivity contribution in [3.8, 4) is 0 Å². The van der Waals surface area contributed by atoms with E-state index in [4.69, 9.17) is 5.73 Å². The molecule has 15 heavy (non-hydrogen) atoms. The number of imidazole rings is 1. The molecule has 0 saturated heterocycles. The van der Waals surface area contributed by atoms with E-state index in [1.165, 1.54) is 31.5 Å². The zero-order valence-electron chi connectivity index (χ0n) is 9.78. The second kappa shape index (κ2) is 7.46. The molecule has 0 unspecified atom stereocenters. The maximum atomic E-state index is 5.45. The summed E-state index contributed by atoms with van der Waals surface area (Å²) in [4.78, 5) is 4.36. The Labute approximate surface area is 92.7 Å². The molecule has 0 aliphatic carbocycles. The summed E-state index contributed by atoms with van der Waals surface area (Å²) in [5, 5.41) is 0. The molecule has 0 fully saturated rings. The Morgan fingerprint density at radius 1 is 1.27 bits per heavy atom. The normalized spacial score (nSPS) is 10.8. The van der Waals surface area contributed by atoms with Gasteiger partial charge in [-0.3, -0.25) is 0 Å². The molecule has 0 saturated carbocycles. The molecule has 0 spiro atoms. The molecule has 86 valence electrons. The minimum Gasteiger partial charge on any atom is -0.335 e. The van der Waals surface area contributed by atoms with Crippen molar-refractivity contribution >= 4 is 0 Å². The Kier molecular flexibility index (Phi) is 6.09. The highest BCUT2D eigenvalue weighted by Crippen LogP contribution is 2.06. The van der Waals surface area contributed by atoms with Gasteiger partial charge in [0.15, 0.2) is 0 Å². The van der Waals surface area contributed by atoms with Gasteiger partial charge in [0.2, 0.25) is 0 Å². The van der Waals surface area contributed by atoms with Gasteiger partial charge in [-0.25, -0.2) is 4.98 Å². The monoisotopic (exact) mass is 209 g/mol. The molecular formula is C12H23N3. The molecular weight excluding hydrogens is 186 g/mol. The van der Waals surface area contributed by atoms with Crippen LogP contribution in [0.3, 0.4) is 0 Å². The van der Waals surface area contributed by atoms with Crippen LogP contribution in [-0.2, 0) is 13.0 Å². The summed E-state index contributed by atoms with van der Waals surface area (Å²) in [6, 6.07) is 0. The third kappa shape index (κ3) is 4.47. The van der Waals surface area contributed by atoms with E-state index >= 15 is 0 Å². The van der Waals surface area contributed by atoms with E-state index in [1.807, 2.05) is 6.20 Å². The average molecular weight is 209 g/mol. The van der Waals surface area contributed by atoms with Crippen LogP contribution in [0, 0.1) is 0 Å². The predicted octanol–water partition coefficient (Wildman–Crippen LogP) is 2.35. The van der Waals surface area contributed by atoms with Crippen molar-refractivity contribution in [3.05, 3.63) is 18.2 Å². The van der Waals surface area contributed by atoms with Crippen molar-refractivity contribution in [2.45, 2.75) is 52.0 Å². The first-order valence-electron chi connectivity index (χ1n) is 6.08. The number of aryl methyl sites for hydroxylation is 2. The first-order valence-corrected chi connectivity index (χ1v) is 6.08. The average Bonchev–Trinajstić information content (AvgIpc) is 2.66. The topological polar surface area (TPSA) is 43.8 Å². The van der Waals surface area contributed by atoms with Gasteiger partial charge in [0.1, 0.15) is 5.82 Å². The highest BCUT2D eigenvalue weighted by atomic mass is 15.1. The molecule has 0 aromatic carbocycles. The molecule has 1 aromatic heterocycles. The number of hydrogen-bond donors (Lipinski definition) is 1. The van der Waals surface area contributed by atoms with Gasteiger partial charge in [0.25, 0.3) is 0 Å². The van der Waals surface area contributed by atoms with Crippen LogP contribution in [0.15, 0.2) is 12.4 Å². The molecule has 0 bridgehead atoms. The maximum Gasteiger partial charge on any atom is 0.108 e. The third-order valence-electron chi connectivity index (χ3n) is 2.63. The van der Waals surface area contributed by atoms with Crippen LogP contribution in [-0.4, -0.2) is 16.1 Å². The highest BCUT2D eigenvalue weighted by Gasteiger charge is 2.00. The summed E-state index contributed by atoms with van der Waals surface area (Å²) < 4.78 is 2.28. The first-order chi connectivity index (χ1) is 7.38. The number of unbranched alkanes of at least 4 members (excludes halogenated alkanes) is 3. The zero-order chi connectivity index (χ0) is 10.9. The van der Waals surface area contributed by atoms with Gasteiger partial charge in [0.05, 0.1) is 0 Å². The summed E-state index contributed by atoms with van der Waals surface area (Å²) in [7, 11) is 0. The number of rotatable bonds is 8. The van der Waals surface area contributed by atoms with Gasteiger partial charge in [-0.1, -0.05) is 19.8 Å². The molecule has 0 aliphatic rings. The van der Waals surface area contributed by atoms with E-state index in [2.05, 4.69) is 22.7 Å². The van der Waals surface area contributed by atoms with Crippen molar-refractivity contribution in [1.82, 2.24) is 9.55 Å². The highest BCUT2D eigenvalue weighted by molar-refractivity contribution is 4.92. The van der Waals surface area contributed by atoms with E-state index in [1.54, 1.807) is 0 Å². The minimum absolute atomic E-state index is 0.826. The van der Waals surface area contributed by atoms with Gasteiger partial charge < -0.3 is 10.3 Å². The molecule has 3 nitrogen and oxygen atoms in total. The van der Waals surface area contributed by atoms with Crippen molar-refractivity contribution in [2.75, 3.05) is 6.54 Å². The molecule has 1 aromatic rings. The van der Waals surface area contributed by atoms with Crippen LogP contribution in [0.2, 0.25) is 0 Å². The summed E-state index contributed by atoms with van der Waals surface area (Å²) >= 11 is 0. The molecule has 0 amide bonds. The van der Waals surface area contributed by atoms with E-state index in [0.29, 0.717) is 0 Å². The molecule has 1 heterocycles. The van der Waals surface area contributed by atoms with Crippen LogP contribution in [0.4, 0.5) is 0 Å². The van der Waals surface area contributed by atoms with Gasteiger partial charge in [-0.05, 0) is 25.8 Å². The Morgan fingerprint density at radius 2 is 2.07 bits per heavy atom. The second-order valence-electron chi connectivity index (χ2n) is 3.99. The molecule has 3 heteroatoms. The number of hydrogen-bond acceptors (Lipinski definition) is 2. The zero-order valence-corrected chi connectivity index (χ0v) is 9.78. The van der Waals surface area contributed by atoms with E-state index in [-0.39, 0.29) is 0 Å². The largest absolute Gasteiger partial charge is 0.335 e. The fraction of sp³-hybridized carbons (Fsp3) is 0.750. The Hall–Kier alpha value is -0.830. The SMILES string of the molecule is CCCc1nccn1CCCCCCN. The molecule has 0 atom stereocenters. The maximum absolute atomic E-state index is 5.45. The molecule has 0 aliphatic heterocycles. The quantitative estimate of drug-likeness (QED) is 0.668. The third-order valence-corrected chi connectivity index (χ3v) is 2.63. The molecule has 0 radical (unpaired) electrons. The Balaban J connectivity index is 2.21. The van der Waals surface area contributed by atoms with Crippen molar-refractivity contribution in [2.24, 2.45) is 5.73 Å². The van der Waals surface area contributed by atoms with Gasteiger partial charge in [0, 0.05) is 25.4 Å². The summed E-state index contributed by atoms with van der Waals surface area (Å²) in [5.41, 5.74) is 5.45. The van der Waals surface area contributed by atoms with E-state index < -0.39 is 0 Å². The minimum atomic E-state index is 0.826. The van der Waals surface area contributed by atoms with Crippen molar-refractivity contribution in [3.63, 3.8) is 0 Å². The smallest absolute Gasteiger partial charge is 0.108 e. The van der Waals surface area contributed by atoms with Crippen LogP contribution >= 0.6 is 0 Å².